The van der Waals surface area contributed by atoms with Gasteiger partial charge in [0.05, 0.1) is 29.0 Å². The Hall–Kier alpha value is -4.21. The van der Waals surface area contributed by atoms with Crippen LogP contribution in [-0.4, -0.2) is 30.6 Å². The third-order valence-corrected chi connectivity index (χ3v) is 4.85. The maximum Gasteiger partial charge on any atom is 0.323 e. The zero-order valence-electron chi connectivity index (χ0n) is 18.7. The summed E-state index contributed by atoms with van der Waals surface area (Å²) in [4.78, 5) is 16.7. The molecule has 0 saturated heterocycles. The number of hydrogen-bond donors (Lipinski definition) is 2. The molecule has 0 radical (unpaired) electrons. The number of rotatable bonds is 6. The first-order chi connectivity index (χ1) is 15.8. The van der Waals surface area contributed by atoms with E-state index < -0.39 is 11.8 Å². The lowest BCUT2D eigenvalue weighted by Crippen LogP contribution is -2.20. The standard InChI is InChI=1S/C23H24FN7O2/c1-14(2)31-13-22(15(3)29-31)28-23(32)27-20-6-5-17(9-19(20)24)33-18-7-8-25-21(10-18)16-11-26-30(4)12-16/h5-14H,1-4H3,(H2,27,28,32). The van der Waals surface area contributed by atoms with E-state index in [9.17, 15) is 9.18 Å². The number of pyridine rings is 1. The summed E-state index contributed by atoms with van der Waals surface area (Å²) in [5, 5.41) is 13.7. The van der Waals surface area contributed by atoms with E-state index in [1.165, 1.54) is 12.1 Å². The number of hydrogen-bond acceptors (Lipinski definition) is 5. The second-order valence-corrected chi connectivity index (χ2v) is 7.80. The normalized spacial score (nSPS) is 11.0. The molecule has 0 spiro atoms. The van der Waals surface area contributed by atoms with E-state index in [0.717, 1.165) is 5.56 Å². The van der Waals surface area contributed by atoms with Gasteiger partial charge in [0, 0.05) is 49.4 Å². The molecule has 2 N–H and O–H groups in total. The first kappa shape index (κ1) is 22.0. The van der Waals surface area contributed by atoms with Crippen molar-refractivity contribution in [3.63, 3.8) is 0 Å². The zero-order valence-corrected chi connectivity index (χ0v) is 18.7. The van der Waals surface area contributed by atoms with Crippen LogP contribution in [0, 0.1) is 12.7 Å². The molecule has 33 heavy (non-hydrogen) atoms. The second-order valence-electron chi connectivity index (χ2n) is 7.80. The Bertz CT molecular complexity index is 1300. The molecule has 0 aliphatic heterocycles. The van der Waals surface area contributed by atoms with Gasteiger partial charge in [-0.15, -0.1) is 0 Å². The molecular formula is C23H24FN7O2. The molecule has 170 valence electrons. The lowest BCUT2D eigenvalue weighted by Gasteiger charge is -2.10. The Kier molecular flexibility index (Phi) is 6.07. The molecular weight excluding hydrogens is 425 g/mol. The molecule has 3 heterocycles. The largest absolute Gasteiger partial charge is 0.457 e. The van der Waals surface area contributed by atoms with Gasteiger partial charge in [-0.1, -0.05) is 0 Å². The number of halogens is 1. The van der Waals surface area contributed by atoms with Gasteiger partial charge < -0.3 is 15.4 Å². The number of urea groups is 1. The predicted octanol–water partition coefficient (Wildman–Crippen LogP) is 5.14. The summed E-state index contributed by atoms with van der Waals surface area (Å²) in [6.45, 7) is 5.77. The van der Waals surface area contributed by atoms with Gasteiger partial charge in [-0.2, -0.15) is 10.2 Å². The smallest absolute Gasteiger partial charge is 0.323 e. The van der Waals surface area contributed by atoms with Crippen LogP contribution < -0.4 is 15.4 Å². The van der Waals surface area contributed by atoms with Crippen molar-refractivity contribution in [2.75, 3.05) is 10.6 Å². The van der Waals surface area contributed by atoms with Crippen molar-refractivity contribution in [2.45, 2.75) is 26.8 Å². The summed E-state index contributed by atoms with van der Waals surface area (Å²) in [5.41, 5.74) is 2.79. The first-order valence-corrected chi connectivity index (χ1v) is 10.3. The van der Waals surface area contributed by atoms with E-state index in [4.69, 9.17) is 4.74 Å². The van der Waals surface area contributed by atoms with Crippen LogP contribution >= 0.6 is 0 Å². The van der Waals surface area contributed by atoms with Gasteiger partial charge in [0.2, 0.25) is 0 Å². The summed E-state index contributed by atoms with van der Waals surface area (Å²) in [7, 11) is 1.82. The highest BCUT2D eigenvalue weighted by Gasteiger charge is 2.13. The molecule has 0 fully saturated rings. The minimum Gasteiger partial charge on any atom is -0.457 e. The first-order valence-electron chi connectivity index (χ1n) is 10.3. The minimum atomic E-state index is -0.626. The summed E-state index contributed by atoms with van der Waals surface area (Å²) in [6, 6.07) is 7.24. The quantitative estimate of drug-likeness (QED) is 0.424. The van der Waals surface area contributed by atoms with Gasteiger partial charge >= 0.3 is 6.03 Å². The van der Waals surface area contributed by atoms with Crippen molar-refractivity contribution >= 4 is 17.4 Å². The highest BCUT2D eigenvalue weighted by molar-refractivity contribution is 6.00. The van der Waals surface area contributed by atoms with E-state index in [1.54, 1.807) is 53.1 Å². The third-order valence-electron chi connectivity index (χ3n) is 4.85. The molecule has 4 rings (SSSR count). The van der Waals surface area contributed by atoms with E-state index >= 15 is 0 Å². The van der Waals surface area contributed by atoms with Crippen molar-refractivity contribution < 1.29 is 13.9 Å². The summed E-state index contributed by atoms with van der Waals surface area (Å²) < 4.78 is 23.8. The Morgan fingerprint density at radius 1 is 1.09 bits per heavy atom. The van der Waals surface area contributed by atoms with Crippen LogP contribution in [-0.2, 0) is 7.05 Å². The number of nitrogens with one attached hydrogen (secondary N) is 2. The molecule has 4 aromatic rings. The Balaban J connectivity index is 1.42. The lowest BCUT2D eigenvalue weighted by atomic mass is 10.2. The molecule has 2 amide bonds. The van der Waals surface area contributed by atoms with Gasteiger partial charge in [-0.05, 0) is 39.0 Å². The van der Waals surface area contributed by atoms with Crippen LogP contribution in [0.25, 0.3) is 11.3 Å². The number of anilines is 2. The van der Waals surface area contributed by atoms with Crippen molar-refractivity contribution in [3.8, 4) is 22.8 Å². The van der Waals surface area contributed by atoms with E-state index in [0.29, 0.717) is 22.8 Å². The van der Waals surface area contributed by atoms with Gasteiger partial charge in [-0.25, -0.2) is 9.18 Å². The number of carbonyl (C=O) groups excluding carboxylic acids is 1. The van der Waals surface area contributed by atoms with Crippen LogP contribution in [0.1, 0.15) is 25.6 Å². The van der Waals surface area contributed by atoms with Crippen LogP contribution in [0.5, 0.6) is 11.5 Å². The number of benzene rings is 1. The highest BCUT2D eigenvalue weighted by atomic mass is 19.1. The Morgan fingerprint density at radius 2 is 1.85 bits per heavy atom. The van der Waals surface area contributed by atoms with Gasteiger partial charge in [0.1, 0.15) is 17.3 Å². The monoisotopic (exact) mass is 449 g/mol. The molecule has 0 aliphatic carbocycles. The fourth-order valence-electron chi connectivity index (χ4n) is 3.13. The second kappa shape index (κ2) is 9.11. The number of nitrogens with zero attached hydrogens (tertiary/aromatic N) is 5. The predicted molar refractivity (Wildman–Crippen MR) is 123 cm³/mol. The average molecular weight is 449 g/mol. The summed E-state index contributed by atoms with van der Waals surface area (Å²) in [5.74, 6) is 0.161. The Labute approximate surface area is 190 Å². The number of amides is 2. The lowest BCUT2D eigenvalue weighted by molar-refractivity contribution is 0.262. The van der Waals surface area contributed by atoms with Crippen LogP contribution in [0.4, 0.5) is 20.6 Å². The molecule has 1 aromatic carbocycles. The maximum absolute atomic E-state index is 14.6. The Morgan fingerprint density at radius 3 is 2.52 bits per heavy atom. The van der Waals surface area contributed by atoms with E-state index in [-0.39, 0.29) is 17.5 Å². The average Bonchev–Trinajstić information content (AvgIpc) is 3.36. The number of aryl methyl sites for hydroxylation is 2. The van der Waals surface area contributed by atoms with Crippen LogP contribution in [0.3, 0.4) is 0 Å². The highest BCUT2D eigenvalue weighted by Crippen LogP contribution is 2.28. The third kappa shape index (κ3) is 5.17. The number of aromatic nitrogens is 5. The number of carbonyl (C=O) groups is 1. The minimum absolute atomic E-state index is 0.0273. The molecule has 0 unspecified atom stereocenters. The SMILES string of the molecule is Cc1nn(C(C)C)cc1NC(=O)Nc1ccc(Oc2ccnc(-c3cnn(C)c3)c2)cc1F. The van der Waals surface area contributed by atoms with Crippen molar-refractivity contribution in [3.05, 3.63) is 66.6 Å². The topological polar surface area (TPSA) is 98.9 Å². The van der Waals surface area contributed by atoms with Crippen molar-refractivity contribution in [1.29, 1.82) is 0 Å². The van der Waals surface area contributed by atoms with Gasteiger partial charge in [0.25, 0.3) is 0 Å². The fraction of sp³-hybridized carbons (Fsp3) is 0.217. The molecule has 0 saturated carbocycles. The molecule has 3 aromatic heterocycles. The fourth-order valence-corrected chi connectivity index (χ4v) is 3.13. The summed E-state index contributed by atoms with van der Waals surface area (Å²) in [6.07, 6.45) is 6.89. The van der Waals surface area contributed by atoms with Crippen molar-refractivity contribution in [1.82, 2.24) is 24.5 Å². The molecule has 9 nitrogen and oxygen atoms in total. The molecule has 0 atom stereocenters. The molecule has 10 heteroatoms. The molecule has 0 aliphatic rings. The van der Waals surface area contributed by atoms with E-state index in [2.05, 4.69) is 25.8 Å². The zero-order chi connectivity index (χ0) is 23.5. The summed E-state index contributed by atoms with van der Waals surface area (Å²) >= 11 is 0. The number of ether oxygens (including phenoxy) is 1. The van der Waals surface area contributed by atoms with Gasteiger partial charge in [-0.3, -0.25) is 14.3 Å². The van der Waals surface area contributed by atoms with Crippen LogP contribution in [0.15, 0.2) is 55.1 Å². The van der Waals surface area contributed by atoms with Crippen molar-refractivity contribution in [2.24, 2.45) is 7.05 Å². The maximum atomic E-state index is 14.6. The molecule has 0 bridgehead atoms. The van der Waals surface area contributed by atoms with Gasteiger partial charge in [0.15, 0.2) is 0 Å². The van der Waals surface area contributed by atoms with Crippen LogP contribution in [0.2, 0.25) is 0 Å². The van der Waals surface area contributed by atoms with E-state index in [1.807, 2.05) is 27.1 Å².